The molecule has 1 rings (SSSR count). The van der Waals surface area contributed by atoms with Crippen molar-refractivity contribution in [2.75, 3.05) is 13.2 Å². The first kappa shape index (κ1) is 39.8. The van der Waals surface area contributed by atoms with Crippen LogP contribution in [0.15, 0.2) is 24.3 Å². The molecule has 0 saturated carbocycles. The van der Waals surface area contributed by atoms with E-state index in [4.69, 9.17) is 4.74 Å². The van der Waals surface area contributed by atoms with Gasteiger partial charge in [-0.2, -0.15) is 12.8 Å². The molecule has 1 nitrogen and oxygen atoms in total. The molecule has 162 valence electrons. The zero-order chi connectivity index (χ0) is 20.5. The number of unbranched alkanes of at least 4 members (excludes halogenated alkanes) is 3. The average Bonchev–Trinajstić information content (AvgIpc) is 2.64. The van der Waals surface area contributed by atoms with Crippen LogP contribution in [0.25, 0.3) is 0 Å². The summed E-state index contributed by atoms with van der Waals surface area (Å²) in [6, 6.07) is 8.76. The van der Waals surface area contributed by atoms with Gasteiger partial charge < -0.3 is 18.6 Å². The van der Waals surface area contributed by atoms with Gasteiger partial charge in [0.15, 0.2) is 0 Å². The molecule has 3 heteroatoms. The minimum atomic E-state index is 0. The molecule has 0 fully saturated rings. The van der Waals surface area contributed by atoms with Gasteiger partial charge in [-0.15, -0.1) is 0 Å². The summed E-state index contributed by atoms with van der Waals surface area (Å²) in [5.74, 6) is 0. The molecule has 28 heavy (non-hydrogen) atoms. The number of aryl methyl sites for hydroxylation is 2. The fourth-order valence-corrected chi connectivity index (χ4v) is 1.86. The van der Waals surface area contributed by atoms with Crippen LogP contribution in [0, 0.1) is 20.8 Å². The number of hydrogen-bond donors (Lipinski definition) is 0. The van der Waals surface area contributed by atoms with Crippen molar-refractivity contribution in [3.63, 3.8) is 0 Å². The van der Waals surface area contributed by atoms with Crippen molar-refractivity contribution in [3.8, 4) is 0 Å². The van der Waals surface area contributed by atoms with Gasteiger partial charge in [0.05, 0.1) is 0 Å². The number of benzene rings is 1. The van der Waals surface area contributed by atoms with E-state index in [1.165, 1.54) is 43.2 Å². The second-order valence-electron chi connectivity index (χ2n) is 6.41. The standard InChI is InChI=1S/C10H14.C6H14O.C6H13.C3H7.2Y/c1-3-4-10-7-5-9(2)6-8-10;1-3-5-7-6-4-2;1-3-5-6-4-2;1-3-2;;/h5-8H,3-4H2,1-2H3;3-6H2,1-2H3;1,3-6H2,2H3;1,3H2,2H3;;/q;;2*-1;;. The SMILES string of the molecule is CCCOCCC.CCCc1ccc(C)cc1.[CH2-]CC.[CH2-]CCCCC.[Y].[Y]. The molecule has 0 aromatic heterocycles. The molecule has 0 aliphatic rings. The first-order chi connectivity index (χ1) is 12.6. The summed E-state index contributed by atoms with van der Waals surface area (Å²) in [6.45, 7) is 21.8. The van der Waals surface area contributed by atoms with Crippen molar-refractivity contribution in [1.82, 2.24) is 0 Å². The van der Waals surface area contributed by atoms with Crippen molar-refractivity contribution in [1.29, 1.82) is 0 Å². The van der Waals surface area contributed by atoms with Crippen LogP contribution in [-0.4, -0.2) is 13.2 Å². The summed E-state index contributed by atoms with van der Waals surface area (Å²) in [7, 11) is 0. The van der Waals surface area contributed by atoms with Crippen LogP contribution in [0.4, 0.5) is 0 Å². The third kappa shape index (κ3) is 41.7. The summed E-state index contributed by atoms with van der Waals surface area (Å²) < 4.78 is 5.13. The maximum absolute atomic E-state index is 5.13. The van der Waals surface area contributed by atoms with Crippen molar-refractivity contribution < 1.29 is 70.2 Å². The molecular weight excluding hydrogens is 494 g/mol. The maximum atomic E-state index is 5.13. The van der Waals surface area contributed by atoms with Crippen molar-refractivity contribution in [2.45, 2.75) is 99.3 Å². The van der Waals surface area contributed by atoms with E-state index in [0.717, 1.165) is 38.9 Å². The van der Waals surface area contributed by atoms with Gasteiger partial charge >= 0.3 is 0 Å². The average molecular weight is 542 g/mol. The van der Waals surface area contributed by atoms with E-state index in [1.807, 2.05) is 6.92 Å². The molecule has 0 aliphatic heterocycles. The molecule has 1 aromatic rings. The molecular formula is C25H48OY2-2. The Balaban J connectivity index is -0.0000000881. The molecule has 0 spiro atoms. The maximum Gasteiger partial charge on any atom is 0.0463 e. The van der Waals surface area contributed by atoms with E-state index >= 15 is 0 Å². The molecule has 0 aliphatic carbocycles. The van der Waals surface area contributed by atoms with Gasteiger partial charge in [-0.25, -0.2) is 0 Å². The summed E-state index contributed by atoms with van der Waals surface area (Å²) in [4.78, 5) is 0. The molecule has 0 atom stereocenters. The minimum Gasteiger partial charge on any atom is -0.381 e. The Bertz CT molecular complexity index is 318. The Labute approximate surface area is 229 Å². The fourth-order valence-electron chi connectivity index (χ4n) is 1.86. The predicted molar refractivity (Wildman–Crippen MR) is 122 cm³/mol. The second-order valence-corrected chi connectivity index (χ2v) is 6.41. The third-order valence-electron chi connectivity index (χ3n) is 3.21. The van der Waals surface area contributed by atoms with E-state index < -0.39 is 0 Å². The Morgan fingerprint density at radius 3 is 1.46 bits per heavy atom. The largest absolute Gasteiger partial charge is 0.381 e. The zero-order valence-electron chi connectivity index (χ0n) is 20.1. The molecule has 2 radical (unpaired) electrons. The van der Waals surface area contributed by atoms with Gasteiger partial charge in [-0.05, 0) is 31.7 Å². The van der Waals surface area contributed by atoms with Gasteiger partial charge in [0.2, 0.25) is 0 Å². The fraction of sp³-hybridized carbons (Fsp3) is 0.680. The van der Waals surface area contributed by atoms with Crippen molar-refractivity contribution in [2.24, 2.45) is 0 Å². The van der Waals surface area contributed by atoms with Crippen LogP contribution in [0.2, 0.25) is 0 Å². The summed E-state index contributed by atoms with van der Waals surface area (Å²) in [5.41, 5.74) is 2.80. The van der Waals surface area contributed by atoms with E-state index in [-0.39, 0.29) is 65.4 Å². The Morgan fingerprint density at radius 1 is 0.714 bits per heavy atom. The van der Waals surface area contributed by atoms with Crippen LogP contribution in [-0.2, 0) is 76.6 Å². The monoisotopic (exact) mass is 542 g/mol. The number of ether oxygens (including phenoxy) is 1. The van der Waals surface area contributed by atoms with Gasteiger partial charge in [0, 0.05) is 78.6 Å². The quantitative estimate of drug-likeness (QED) is 0.225. The van der Waals surface area contributed by atoms with Crippen LogP contribution < -0.4 is 0 Å². The molecule has 0 amide bonds. The molecule has 0 bridgehead atoms. The van der Waals surface area contributed by atoms with Gasteiger partial charge in [0.1, 0.15) is 0 Å². The molecule has 0 N–H and O–H groups in total. The smallest absolute Gasteiger partial charge is 0.0463 e. The first-order valence-corrected chi connectivity index (χ1v) is 10.8. The van der Waals surface area contributed by atoms with Crippen LogP contribution in [0.1, 0.15) is 97.1 Å². The van der Waals surface area contributed by atoms with E-state index in [0.29, 0.717) is 0 Å². The first-order valence-electron chi connectivity index (χ1n) is 10.8. The minimum absolute atomic E-state index is 0. The Morgan fingerprint density at radius 2 is 1.18 bits per heavy atom. The molecule has 0 heterocycles. The number of rotatable bonds is 9. The Hall–Kier alpha value is 1.39. The zero-order valence-corrected chi connectivity index (χ0v) is 25.7. The molecule has 1 aromatic carbocycles. The van der Waals surface area contributed by atoms with Crippen molar-refractivity contribution in [3.05, 3.63) is 49.2 Å². The van der Waals surface area contributed by atoms with Crippen LogP contribution in [0.5, 0.6) is 0 Å². The van der Waals surface area contributed by atoms with E-state index in [1.54, 1.807) is 0 Å². The third-order valence-corrected chi connectivity index (χ3v) is 3.21. The normalized spacial score (nSPS) is 8.43. The second kappa shape index (κ2) is 38.9. The summed E-state index contributed by atoms with van der Waals surface area (Å²) >= 11 is 0. The van der Waals surface area contributed by atoms with Gasteiger partial charge in [-0.1, -0.05) is 90.1 Å². The van der Waals surface area contributed by atoms with Crippen molar-refractivity contribution >= 4 is 0 Å². The van der Waals surface area contributed by atoms with E-state index in [9.17, 15) is 0 Å². The number of hydrogen-bond acceptors (Lipinski definition) is 1. The van der Waals surface area contributed by atoms with Gasteiger partial charge in [0.25, 0.3) is 0 Å². The predicted octanol–water partition coefficient (Wildman–Crippen LogP) is 8.40. The topological polar surface area (TPSA) is 9.23 Å². The van der Waals surface area contributed by atoms with Crippen LogP contribution >= 0.6 is 0 Å². The summed E-state index contributed by atoms with van der Waals surface area (Å²) in [5, 5.41) is 0. The van der Waals surface area contributed by atoms with Crippen LogP contribution in [0.3, 0.4) is 0 Å². The molecule has 0 saturated heterocycles. The van der Waals surface area contributed by atoms with E-state index in [2.05, 4.69) is 72.7 Å². The Kier molecular flexibility index (Phi) is 55.4. The summed E-state index contributed by atoms with van der Waals surface area (Å²) in [6.07, 6.45) is 10.8. The molecule has 0 unspecified atom stereocenters. The van der Waals surface area contributed by atoms with Gasteiger partial charge in [-0.3, -0.25) is 0 Å².